The van der Waals surface area contributed by atoms with Crippen LogP contribution in [0.15, 0.2) is 41.8 Å². The zero-order valence-electron chi connectivity index (χ0n) is 13.7. The van der Waals surface area contributed by atoms with E-state index in [4.69, 9.17) is 23.8 Å². The van der Waals surface area contributed by atoms with Crippen molar-refractivity contribution in [1.82, 2.24) is 10.2 Å². The fraction of sp³-hybridized carbons (Fsp3) is 0.389. The van der Waals surface area contributed by atoms with Crippen molar-refractivity contribution in [1.29, 1.82) is 0 Å². The van der Waals surface area contributed by atoms with E-state index in [2.05, 4.69) is 40.0 Å². The van der Waals surface area contributed by atoms with Crippen molar-refractivity contribution in [3.8, 4) is 0 Å². The van der Waals surface area contributed by atoms with Gasteiger partial charge in [0.25, 0.3) is 0 Å². The number of nitrogens with one attached hydrogen (secondary N) is 2. The number of rotatable bonds is 5. The minimum Gasteiger partial charge on any atom is -0.358 e. The maximum Gasteiger partial charge on any atom is 0.171 e. The Morgan fingerprint density at radius 1 is 1.21 bits per heavy atom. The van der Waals surface area contributed by atoms with Gasteiger partial charge in [-0.3, -0.25) is 4.90 Å². The molecule has 3 rings (SSSR count). The van der Waals surface area contributed by atoms with Gasteiger partial charge in [-0.15, -0.1) is 11.3 Å². The van der Waals surface area contributed by atoms with Gasteiger partial charge in [0.05, 0.1) is 6.04 Å². The molecule has 1 aliphatic rings. The fourth-order valence-corrected chi connectivity index (χ4v) is 4.60. The first-order chi connectivity index (χ1) is 11.6. The molecule has 1 fully saturated rings. The van der Waals surface area contributed by atoms with Crippen LogP contribution >= 0.6 is 35.2 Å². The minimum atomic E-state index is 0.231. The van der Waals surface area contributed by atoms with Crippen molar-refractivity contribution in [2.24, 2.45) is 0 Å². The molecule has 1 aromatic heterocycles. The molecule has 0 bridgehead atoms. The zero-order valence-corrected chi connectivity index (χ0v) is 16.1. The van der Waals surface area contributed by atoms with Crippen LogP contribution < -0.4 is 10.6 Å². The van der Waals surface area contributed by atoms with Crippen LogP contribution in [0.5, 0.6) is 0 Å². The van der Waals surface area contributed by atoms with Crippen molar-refractivity contribution in [2.45, 2.75) is 31.8 Å². The fourth-order valence-electron chi connectivity index (χ4n) is 3.21. The number of benzene rings is 1. The molecule has 2 N–H and O–H groups in total. The number of anilines is 1. The number of thiocarbonyl (C=S) groups is 1. The van der Waals surface area contributed by atoms with E-state index in [1.54, 1.807) is 0 Å². The van der Waals surface area contributed by atoms with E-state index in [0.29, 0.717) is 11.2 Å². The second-order valence-electron chi connectivity index (χ2n) is 6.10. The first-order valence-electron chi connectivity index (χ1n) is 8.24. The van der Waals surface area contributed by atoms with Crippen LogP contribution in [0.3, 0.4) is 0 Å². The summed E-state index contributed by atoms with van der Waals surface area (Å²) in [6.45, 7) is 4.52. The van der Waals surface area contributed by atoms with Gasteiger partial charge in [-0.25, -0.2) is 0 Å². The molecule has 128 valence electrons. The van der Waals surface area contributed by atoms with Gasteiger partial charge < -0.3 is 10.6 Å². The highest BCUT2D eigenvalue weighted by Gasteiger charge is 2.29. The predicted octanol–water partition coefficient (Wildman–Crippen LogP) is 4.91. The van der Waals surface area contributed by atoms with Crippen LogP contribution in [0.2, 0.25) is 5.02 Å². The monoisotopic (exact) mass is 379 g/mol. The second-order valence-corrected chi connectivity index (χ2v) is 7.92. The first kappa shape index (κ1) is 17.7. The molecule has 2 atom stereocenters. The Morgan fingerprint density at radius 3 is 2.54 bits per heavy atom. The zero-order chi connectivity index (χ0) is 16.9. The van der Waals surface area contributed by atoms with E-state index >= 15 is 0 Å². The van der Waals surface area contributed by atoms with Gasteiger partial charge in [0.1, 0.15) is 0 Å². The molecule has 0 radical (unpaired) electrons. The molecular weight excluding hydrogens is 358 g/mol. The largest absolute Gasteiger partial charge is 0.358 e. The number of hydrogen-bond acceptors (Lipinski definition) is 3. The lowest BCUT2D eigenvalue weighted by Crippen LogP contribution is -2.45. The summed E-state index contributed by atoms with van der Waals surface area (Å²) in [7, 11) is 0. The molecule has 6 heteroatoms. The maximum absolute atomic E-state index is 5.92. The number of nitrogens with zero attached hydrogens (tertiary/aromatic N) is 1. The molecule has 0 aliphatic carbocycles. The predicted molar refractivity (Wildman–Crippen MR) is 108 cm³/mol. The van der Waals surface area contributed by atoms with Gasteiger partial charge in [-0.1, -0.05) is 17.7 Å². The SMILES string of the molecule is CC(NC(=S)Nc1ccc(Cl)cc1)C(c1cccs1)N1CCCC1. The number of halogens is 1. The van der Waals surface area contributed by atoms with Crippen molar-refractivity contribution in [2.75, 3.05) is 18.4 Å². The van der Waals surface area contributed by atoms with Crippen molar-refractivity contribution >= 4 is 46.0 Å². The maximum atomic E-state index is 5.92. The molecule has 2 aromatic rings. The van der Waals surface area contributed by atoms with Crippen LogP contribution in [0, 0.1) is 0 Å². The van der Waals surface area contributed by atoms with Gasteiger partial charge >= 0.3 is 0 Å². The minimum absolute atomic E-state index is 0.231. The smallest absolute Gasteiger partial charge is 0.171 e. The van der Waals surface area contributed by atoms with Crippen LogP contribution in [0.25, 0.3) is 0 Å². The third-order valence-corrected chi connectivity index (χ3v) is 5.72. The number of thiophene rings is 1. The summed E-state index contributed by atoms with van der Waals surface area (Å²) in [5.41, 5.74) is 0.943. The Labute approximate surface area is 158 Å². The van der Waals surface area contributed by atoms with E-state index in [9.17, 15) is 0 Å². The van der Waals surface area contributed by atoms with Gasteiger partial charge in [-0.2, -0.15) is 0 Å². The summed E-state index contributed by atoms with van der Waals surface area (Å²) >= 11 is 13.2. The normalized spacial score (nSPS) is 17.4. The molecule has 1 saturated heterocycles. The summed E-state index contributed by atoms with van der Waals surface area (Å²) in [4.78, 5) is 3.96. The highest BCUT2D eigenvalue weighted by atomic mass is 35.5. The standard InChI is InChI=1S/C18H22ClN3S2/c1-13(20-18(23)21-15-8-6-14(19)7-9-15)17(16-5-4-12-24-16)22-10-2-3-11-22/h4-9,12-13,17H,2-3,10-11H2,1H3,(H2,20,21,23). The van der Waals surface area contributed by atoms with Crippen molar-refractivity contribution < 1.29 is 0 Å². The van der Waals surface area contributed by atoms with Gasteiger partial charge in [0.15, 0.2) is 5.11 Å². The Hall–Kier alpha value is -1.14. The van der Waals surface area contributed by atoms with Gasteiger partial charge in [-0.05, 0) is 80.8 Å². The highest BCUT2D eigenvalue weighted by molar-refractivity contribution is 7.80. The first-order valence-corrected chi connectivity index (χ1v) is 9.90. The van der Waals surface area contributed by atoms with Crippen molar-refractivity contribution in [3.63, 3.8) is 0 Å². The highest BCUT2D eigenvalue weighted by Crippen LogP contribution is 2.31. The Kier molecular flexibility index (Phi) is 6.11. The molecule has 1 aromatic carbocycles. The Bertz CT molecular complexity index is 651. The van der Waals surface area contributed by atoms with Crippen LogP contribution in [0.1, 0.15) is 30.7 Å². The van der Waals surface area contributed by atoms with Gasteiger partial charge in [0, 0.05) is 21.6 Å². The van der Waals surface area contributed by atoms with Gasteiger partial charge in [0.2, 0.25) is 0 Å². The quantitative estimate of drug-likeness (QED) is 0.721. The molecule has 0 saturated carbocycles. The molecule has 0 amide bonds. The molecule has 1 aliphatic heterocycles. The van der Waals surface area contributed by atoms with E-state index < -0.39 is 0 Å². The molecule has 2 unspecified atom stereocenters. The van der Waals surface area contributed by atoms with E-state index in [1.807, 2.05) is 35.6 Å². The third-order valence-electron chi connectivity index (χ3n) is 4.30. The van der Waals surface area contributed by atoms with E-state index in [1.165, 1.54) is 17.7 Å². The lowest BCUT2D eigenvalue weighted by atomic mass is 10.1. The topological polar surface area (TPSA) is 27.3 Å². The molecule has 24 heavy (non-hydrogen) atoms. The lowest BCUT2D eigenvalue weighted by Gasteiger charge is -2.33. The van der Waals surface area contributed by atoms with E-state index in [-0.39, 0.29) is 6.04 Å². The summed E-state index contributed by atoms with van der Waals surface area (Å²) in [5.74, 6) is 0. The lowest BCUT2D eigenvalue weighted by molar-refractivity contribution is 0.214. The van der Waals surface area contributed by atoms with E-state index in [0.717, 1.165) is 23.8 Å². The van der Waals surface area contributed by atoms with Crippen LogP contribution in [-0.2, 0) is 0 Å². The Morgan fingerprint density at radius 2 is 1.92 bits per heavy atom. The number of hydrogen-bond donors (Lipinski definition) is 2. The average molecular weight is 380 g/mol. The molecule has 3 nitrogen and oxygen atoms in total. The molecule has 2 heterocycles. The third kappa shape index (κ3) is 4.48. The number of likely N-dealkylation sites (tertiary alicyclic amines) is 1. The second kappa shape index (κ2) is 8.30. The summed E-state index contributed by atoms with van der Waals surface area (Å²) in [6, 6.07) is 12.5. The van der Waals surface area contributed by atoms with Crippen LogP contribution in [-0.4, -0.2) is 29.1 Å². The van der Waals surface area contributed by atoms with Crippen molar-refractivity contribution in [3.05, 3.63) is 51.7 Å². The summed E-state index contributed by atoms with van der Waals surface area (Å²) in [5, 5.41) is 10.2. The summed E-state index contributed by atoms with van der Waals surface area (Å²) < 4.78 is 0. The average Bonchev–Trinajstić information content (AvgIpc) is 3.24. The Balaban J connectivity index is 1.65. The molecular formula is C18H22ClN3S2. The molecule has 0 spiro atoms. The van der Waals surface area contributed by atoms with Crippen LogP contribution in [0.4, 0.5) is 5.69 Å². The summed E-state index contributed by atoms with van der Waals surface area (Å²) in [6.07, 6.45) is 2.56.